The van der Waals surface area contributed by atoms with Crippen LogP contribution in [0.2, 0.25) is 0 Å². The first-order valence-corrected chi connectivity index (χ1v) is 7.10. The molecule has 0 radical (unpaired) electrons. The lowest BCUT2D eigenvalue weighted by Gasteiger charge is -2.44. The number of carboxylic acid groups (broad SMARTS) is 1. The quantitative estimate of drug-likeness (QED) is 0.441. The number of aliphatic carboxylic acids is 1. The summed E-state index contributed by atoms with van der Waals surface area (Å²) in [4.78, 5) is 46.4. The Balaban J connectivity index is 2.40. The summed E-state index contributed by atoms with van der Waals surface area (Å²) < 4.78 is 9.74. The van der Waals surface area contributed by atoms with Crippen molar-refractivity contribution in [1.82, 2.24) is 4.90 Å². The molecule has 21 heavy (non-hydrogen) atoms. The molecule has 0 aromatic rings. The average Bonchev–Trinajstić information content (AvgIpc) is 2.34. The molecule has 1 fully saturated rings. The van der Waals surface area contributed by atoms with Crippen LogP contribution in [0.4, 0.5) is 0 Å². The number of carbonyl (C=O) groups is 4. The Morgan fingerprint density at radius 1 is 1.29 bits per heavy atom. The van der Waals surface area contributed by atoms with Crippen LogP contribution in [0.1, 0.15) is 20.3 Å². The summed E-state index contributed by atoms with van der Waals surface area (Å²) in [7, 11) is 0. The molecule has 1 saturated heterocycles. The minimum Gasteiger partial charge on any atom is -0.477 e. The smallest absolute Gasteiger partial charge is 0.352 e. The summed E-state index contributed by atoms with van der Waals surface area (Å²) in [5.74, 6) is -2.90. The second-order valence-corrected chi connectivity index (χ2v) is 5.63. The lowest BCUT2D eigenvalue weighted by atomic mass is 10.1. The Kier molecular flexibility index (Phi) is 4.21. The van der Waals surface area contributed by atoms with Crippen LogP contribution in [0, 0.1) is 0 Å². The number of rotatable bonds is 4. The summed E-state index contributed by atoms with van der Waals surface area (Å²) in [6.45, 7) is 2.23. The normalized spacial score (nSPS) is 20.8. The van der Waals surface area contributed by atoms with Crippen molar-refractivity contribution in [1.29, 1.82) is 0 Å². The van der Waals surface area contributed by atoms with Gasteiger partial charge in [-0.25, -0.2) is 4.79 Å². The standard InChI is InChI=1S/C12H13NO7S/c1-5(14)19-12(20-6(2)15)7-4-21-9-3-8(16)13(9)10(7)11(17)18/h9,12H,3-4H2,1-2H3,(H,17,18)/t9-/m1/s1. The molecule has 0 unspecified atom stereocenters. The number of hydrogen-bond donors (Lipinski definition) is 1. The van der Waals surface area contributed by atoms with Crippen LogP contribution < -0.4 is 0 Å². The lowest BCUT2D eigenvalue weighted by molar-refractivity contribution is -0.178. The Morgan fingerprint density at radius 3 is 2.29 bits per heavy atom. The zero-order valence-electron chi connectivity index (χ0n) is 11.3. The van der Waals surface area contributed by atoms with E-state index in [1.807, 2.05) is 0 Å². The fourth-order valence-electron chi connectivity index (χ4n) is 2.09. The van der Waals surface area contributed by atoms with E-state index in [0.717, 1.165) is 18.7 Å². The molecular formula is C12H13NO7S. The molecule has 0 aliphatic carbocycles. The average molecular weight is 315 g/mol. The van der Waals surface area contributed by atoms with E-state index < -0.39 is 24.2 Å². The van der Waals surface area contributed by atoms with Crippen molar-refractivity contribution in [3.05, 3.63) is 11.3 Å². The number of ether oxygens (including phenoxy) is 2. The van der Waals surface area contributed by atoms with Gasteiger partial charge >= 0.3 is 17.9 Å². The van der Waals surface area contributed by atoms with Gasteiger partial charge in [0.1, 0.15) is 5.70 Å². The van der Waals surface area contributed by atoms with Gasteiger partial charge < -0.3 is 14.6 Å². The number of thioether (sulfide) groups is 1. The predicted molar refractivity (Wildman–Crippen MR) is 69.7 cm³/mol. The van der Waals surface area contributed by atoms with Crippen LogP contribution in [-0.2, 0) is 28.7 Å². The van der Waals surface area contributed by atoms with Gasteiger partial charge in [0.15, 0.2) is 0 Å². The Hall–Kier alpha value is -2.03. The minimum atomic E-state index is -1.44. The van der Waals surface area contributed by atoms with Gasteiger partial charge in [-0.15, -0.1) is 11.8 Å². The van der Waals surface area contributed by atoms with Gasteiger partial charge in [0.05, 0.1) is 17.4 Å². The Labute approximate surface area is 124 Å². The van der Waals surface area contributed by atoms with Crippen LogP contribution in [0.25, 0.3) is 0 Å². The predicted octanol–water partition coefficient (Wildman–Crippen LogP) is 0.0826. The number of carboxylic acids is 1. The van der Waals surface area contributed by atoms with Crippen molar-refractivity contribution in [2.24, 2.45) is 0 Å². The number of amides is 1. The summed E-state index contributed by atoms with van der Waals surface area (Å²) in [6, 6.07) is 0. The van der Waals surface area contributed by atoms with Crippen molar-refractivity contribution in [2.45, 2.75) is 31.9 Å². The number of β-lactam (4-membered cyclic amide) rings is 1. The number of esters is 2. The molecule has 2 rings (SSSR count). The molecule has 2 aliphatic heterocycles. The molecule has 0 spiro atoms. The first kappa shape index (κ1) is 15.4. The van der Waals surface area contributed by atoms with E-state index in [4.69, 9.17) is 9.47 Å². The molecule has 0 aromatic carbocycles. The molecule has 2 aliphatic rings. The maximum Gasteiger partial charge on any atom is 0.352 e. The first-order chi connectivity index (χ1) is 9.81. The van der Waals surface area contributed by atoms with E-state index in [2.05, 4.69) is 0 Å². The molecule has 8 nitrogen and oxygen atoms in total. The number of hydrogen-bond acceptors (Lipinski definition) is 7. The van der Waals surface area contributed by atoms with E-state index in [1.54, 1.807) is 0 Å². The molecule has 1 amide bonds. The monoisotopic (exact) mass is 315 g/mol. The summed E-state index contributed by atoms with van der Waals surface area (Å²) in [5, 5.41) is 9.09. The summed E-state index contributed by atoms with van der Waals surface area (Å²) in [5.41, 5.74) is -0.190. The Bertz CT molecular complexity index is 540. The number of carbonyl (C=O) groups excluding carboxylic acids is 3. The molecular weight excluding hydrogens is 302 g/mol. The molecule has 1 atom stereocenters. The zero-order chi connectivity index (χ0) is 15.7. The highest BCUT2D eigenvalue weighted by Gasteiger charge is 2.47. The highest BCUT2D eigenvalue weighted by molar-refractivity contribution is 8.00. The molecule has 1 N–H and O–H groups in total. The molecule has 2 heterocycles. The van der Waals surface area contributed by atoms with Gasteiger partial charge in [-0.1, -0.05) is 0 Å². The molecule has 0 bridgehead atoms. The SMILES string of the molecule is CC(=O)OC(OC(C)=O)C1=C(C(=O)O)N2C(=O)C[C@H]2SC1. The van der Waals surface area contributed by atoms with Crippen molar-refractivity contribution in [3.63, 3.8) is 0 Å². The van der Waals surface area contributed by atoms with Crippen molar-refractivity contribution >= 4 is 35.6 Å². The van der Waals surface area contributed by atoms with E-state index in [0.29, 0.717) is 0 Å². The summed E-state index contributed by atoms with van der Waals surface area (Å²) >= 11 is 1.33. The van der Waals surface area contributed by atoms with Gasteiger partial charge in [0.25, 0.3) is 6.29 Å². The molecule has 0 saturated carbocycles. The van der Waals surface area contributed by atoms with Crippen LogP contribution >= 0.6 is 11.8 Å². The van der Waals surface area contributed by atoms with E-state index in [-0.39, 0.29) is 34.7 Å². The summed E-state index contributed by atoms with van der Waals surface area (Å²) in [6.07, 6.45) is -1.17. The van der Waals surface area contributed by atoms with Crippen LogP contribution in [0.5, 0.6) is 0 Å². The third-order valence-corrected chi connectivity index (χ3v) is 4.16. The third kappa shape index (κ3) is 3.02. The molecule has 9 heteroatoms. The lowest BCUT2D eigenvalue weighted by Crippen LogP contribution is -2.55. The third-order valence-electron chi connectivity index (χ3n) is 2.92. The first-order valence-electron chi connectivity index (χ1n) is 6.05. The molecule has 0 aromatic heterocycles. The number of fused-ring (bicyclic) bond motifs is 1. The van der Waals surface area contributed by atoms with E-state index in [1.165, 1.54) is 11.8 Å². The fourth-order valence-corrected chi connectivity index (χ4v) is 3.36. The highest BCUT2D eigenvalue weighted by Crippen LogP contribution is 2.41. The van der Waals surface area contributed by atoms with Crippen molar-refractivity contribution in [3.8, 4) is 0 Å². The van der Waals surface area contributed by atoms with Gasteiger partial charge in [-0.2, -0.15) is 0 Å². The molecule has 114 valence electrons. The van der Waals surface area contributed by atoms with Crippen LogP contribution in [-0.4, -0.2) is 51.2 Å². The zero-order valence-corrected chi connectivity index (χ0v) is 12.1. The van der Waals surface area contributed by atoms with Crippen LogP contribution in [0.3, 0.4) is 0 Å². The fraction of sp³-hybridized carbons (Fsp3) is 0.500. The van der Waals surface area contributed by atoms with E-state index in [9.17, 15) is 24.3 Å². The van der Waals surface area contributed by atoms with Gasteiger partial charge in [0.2, 0.25) is 5.91 Å². The second-order valence-electron chi connectivity index (χ2n) is 4.46. The highest BCUT2D eigenvalue weighted by atomic mass is 32.2. The maximum absolute atomic E-state index is 11.6. The van der Waals surface area contributed by atoms with Crippen molar-refractivity contribution < 1.29 is 33.8 Å². The van der Waals surface area contributed by atoms with E-state index >= 15 is 0 Å². The largest absolute Gasteiger partial charge is 0.477 e. The number of nitrogens with zero attached hydrogens (tertiary/aromatic N) is 1. The maximum atomic E-state index is 11.6. The second kappa shape index (κ2) is 5.76. The van der Waals surface area contributed by atoms with Gasteiger partial charge in [0, 0.05) is 19.6 Å². The van der Waals surface area contributed by atoms with Crippen molar-refractivity contribution in [2.75, 3.05) is 5.75 Å². The van der Waals surface area contributed by atoms with Gasteiger partial charge in [-0.05, 0) is 0 Å². The topological polar surface area (TPSA) is 110 Å². The van der Waals surface area contributed by atoms with Gasteiger partial charge in [-0.3, -0.25) is 19.3 Å². The Morgan fingerprint density at radius 2 is 1.86 bits per heavy atom. The van der Waals surface area contributed by atoms with Crippen LogP contribution in [0.15, 0.2) is 11.3 Å². The minimum absolute atomic E-state index is 0.0854.